The first-order valence-corrected chi connectivity index (χ1v) is 11.8. The molecule has 0 heterocycles. The molecule has 0 amide bonds. The number of benzene rings is 4. The molecule has 4 rings (SSSR count). The van der Waals surface area contributed by atoms with E-state index in [1.165, 1.54) is 7.11 Å². The summed E-state index contributed by atoms with van der Waals surface area (Å²) in [6.07, 6.45) is 4.17. The van der Waals surface area contributed by atoms with Crippen LogP contribution in [0.5, 0.6) is 11.5 Å². The predicted octanol–water partition coefficient (Wildman–Crippen LogP) is 6.80. The summed E-state index contributed by atoms with van der Waals surface area (Å²) in [7, 11) is 4.88. The summed E-state index contributed by atoms with van der Waals surface area (Å²) in [4.78, 5) is 12.1. The lowest BCUT2D eigenvalue weighted by molar-refractivity contribution is 0.0111. The number of nitrogens with zero attached hydrogens (tertiary/aromatic N) is 1. The van der Waals surface area contributed by atoms with Crippen molar-refractivity contribution in [3.05, 3.63) is 108 Å². The average molecular weight is 498 g/mol. The van der Waals surface area contributed by atoms with Gasteiger partial charge in [0, 0.05) is 17.1 Å². The molecule has 190 valence electrons. The van der Waals surface area contributed by atoms with Crippen molar-refractivity contribution in [3.63, 3.8) is 0 Å². The Morgan fingerprint density at radius 2 is 1.03 bits per heavy atom. The van der Waals surface area contributed by atoms with Crippen molar-refractivity contribution in [3.8, 4) is 11.5 Å². The standard InChI is InChI=1S/C30H31N3O4/c1-34-29-18-14-27(15-19-29)33(28-16-20-30(35-2)21-17-28)26-12-8-24(9-13-26)5-4-23-6-10-25(11-7-23)32-37-22-31-36-3/h4-21,31-32H,22H2,1-3H3. The van der Waals surface area contributed by atoms with Crippen LogP contribution in [0.4, 0.5) is 22.7 Å². The van der Waals surface area contributed by atoms with Gasteiger partial charge in [0.2, 0.25) is 0 Å². The van der Waals surface area contributed by atoms with Crippen molar-refractivity contribution in [2.75, 3.05) is 38.4 Å². The van der Waals surface area contributed by atoms with Gasteiger partial charge in [-0.15, -0.1) is 0 Å². The minimum absolute atomic E-state index is 0.239. The molecule has 0 unspecified atom stereocenters. The number of anilines is 4. The van der Waals surface area contributed by atoms with Crippen molar-refractivity contribution in [1.82, 2.24) is 5.48 Å². The van der Waals surface area contributed by atoms with Crippen molar-refractivity contribution in [2.24, 2.45) is 0 Å². The highest BCUT2D eigenvalue weighted by molar-refractivity contribution is 5.78. The highest BCUT2D eigenvalue weighted by Crippen LogP contribution is 2.36. The molecule has 0 radical (unpaired) electrons. The number of ether oxygens (including phenoxy) is 2. The largest absolute Gasteiger partial charge is 0.497 e. The van der Waals surface area contributed by atoms with Crippen LogP contribution in [-0.2, 0) is 9.68 Å². The van der Waals surface area contributed by atoms with Gasteiger partial charge in [-0.05, 0) is 83.9 Å². The SMILES string of the molecule is CONCONc1ccc(C=Cc2ccc(N(c3ccc(OC)cc3)c3ccc(OC)cc3)cc2)cc1. The molecule has 0 aliphatic heterocycles. The maximum absolute atomic E-state index is 5.34. The Morgan fingerprint density at radius 3 is 1.46 bits per heavy atom. The van der Waals surface area contributed by atoms with Gasteiger partial charge in [0.05, 0.1) is 27.0 Å². The van der Waals surface area contributed by atoms with E-state index in [9.17, 15) is 0 Å². The lowest BCUT2D eigenvalue weighted by Gasteiger charge is -2.26. The Hall–Kier alpha value is -4.30. The molecule has 0 atom stereocenters. The van der Waals surface area contributed by atoms with Crippen molar-refractivity contribution in [1.29, 1.82) is 0 Å². The van der Waals surface area contributed by atoms with Gasteiger partial charge >= 0.3 is 0 Å². The van der Waals surface area contributed by atoms with E-state index >= 15 is 0 Å². The number of rotatable bonds is 12. The fourth-order valence-electron chi connectivity index (χ4n) is 3.71. The second-order valence-corrected chi connectivity index (χ2v) is 8.02. The number of hydrogen-bond acceptors (Lipinski definition) is 7. The van der Waals surface area contributed by atoms with Gasteiger partial charge in [-0.25, -0.2) is 0 Å². The van der Waals surface area contributed by atoms with Crippen LogP contribution in [0.1, 0.15) is 11.1 Å². The Labute approximate surface area is 217 Å². The van der Waals surface area contributed by atoms with Crippen molar-refractivity contribution >= 4 is 34.9 Å². The summed E-state index contributed by atoms with van der Waals surface area (Å²) in [5, 5.41) is 0. The molecule has 2 N–H and O–H groups in total. The van der Waals surface area contributed by atoms with E-state index in [-0.39, 0.29) is 6.73 Å². The van der Waals surface area contributed by atoms with E-state index in [1.54, 1.807) is 14.2 Å². The third kappa shape index (κ3) is 7.11. The van der Waals surface area contributed by atoms with E-state index in [0.717, 1.165) is 45.4 Å². The van der Waals surface area contributed by atoms with Crippen LogP contribution in [0, 0.1) is 0 Å². The van der Waals surface area contributed by atoms with Crippen LogP contribution in [-0.4, -0.2) is 28.1 Å². The van der Waals surface area contributed by atoms with E-state index in [4.69, 9.17) is 19.1 Å². The Balaban J connectivity index is 1.50. The maximum Gasteiger partial charge on any atom is 0.147 e. The topological polar surface area (TPSA) is 64.2 Å². The van der Waals surface area contributed by atoms with Crippen LogP contribution in [0.2, 0.25) is 0 Å². The fourth-order valence-corrected chi connectivity index (χ4v) is 3.71. The Bertz CT molecular complexity index is 1210. The number of nitrogens with one attached hydrogen (secondary N) is 2. The molecule has 0 bridgehead atoms. The molecule has 0 aliphatic carbocycles. The third-order valence-electron chi connectivity index (χ3n) is 5.66. The third-order valence-corrected chi connectivity index (χ3v) is 5.66. The smallest absolute Gasteiger partial charge is 0.147 e. The summed E-state index contributed by atoms with van der Waals surface area (Å²) in [6.45, 7) is 0.239. The highest BCUT2D eigenvalue weighted by atomic mass is 16.7. The normalized spacial score (nSPS) is 10.9. The molecule has 0 saturated heterocycles. The maximum atomic E-state index is 5.34. The predicted molar refractivity (Wildman–Crippen MR) is 149 cm³/mol. The van der Waals surface area contributed by atoms with Crippen LogP contribution in [0.25, 0.3) is 12.2 Å². The summed E-state index contributed by atoms with van der Waals surface area (Å²) in [5.74, 6) is 1.64. The van der Waals surface area contributed by atoms with Gasteiger partial charge in [0.1, 0.15) is 18.2 Å². The van der Waals surface area contributed by atoms with E-state index in [0.29, 0.717) is 0 Å². The molecular formula is C30H31N3O4. The Morgan fingerprint density at radius 1 is 0.595 bits per heavy atom. The summed E-state index contributed by atoms with van der Waals surface area (Å²) >= 11 is 0. The van der Waals surface area contributed by atoms with Gasteiger partial charge in [0.25, 0.3) is 0 Å². The summed E-state index contributed by atoms with van der Waals surface area (Å²) < 4.78 is 10.7. The lowest BCUT2D eigenvalue weighted by Crippen LogP contribution is -2.18. The molecule has 37 heavy (non-hydrogen) atoms. The van der Waals surface area contributed by atoms with E-state index in [1.807, 2.05) is 48.5 Å². The first-order valence-electron chi connectivity index (χ1n) is 11.8. The van der Waals surface area contributed by atoms with Crippen molar-refractivity contribution in [2.45, 2.75) is 0 Å². The lowest BCUT2D eigenvalue weighted by atomic mass is 10.1. The number of hydroxylamine groups is 1. The van der Waals surface area contributed by atoms with E-state index < -0.39 is 0 Å². The van der Waals surface area contributed by atoms with Crippen LogP contribution in [0.15, 0.2) is 97.1 Å². The summed E-state index contributed by atoms with van der Waals surface area (Å²) in [5.41, 5.74) is 11.6. The number of methoxy groups -OCH3 is 2. The van der Waals surface area contributed by atoms with Crippen LogP contribution < -0.4 is 25.3 Å². The van der Waals surface area contributed by atoms with Crippen molar-refractivity contribution < 1.29 is 19.1 Å². The van der Waals surface area contributed by atoms with Crippen LogP contribution in [0.3, 0.4) is 0 Å². The molecule has 0 spiro atoms. The molecule has 0 saturated carbocycles. The molecule has 0 aliphatic rings. The molecule has 0 aromatic heterocycles. The zero-order valence-corrected chi connectivity index (χ0v) is 21.2. The highest BCUT2D eigenvalue weighted by Gasteiger charge is 2.12. The molecule has 7 nitrogen and oxygen atoms in total. The van der Waals surface area contributed by atoms with Gasteiger partial charge in [-0.1, -0.05) is 36.4 Å². The fraction of sp³-hybridized carbons (Fsp3) is 0.133. The molecule has 4 aromatic carbocycles. The average Bonchev–Trinajstić information content (AvgIpc) is 2.96. The zero-order valence-electron chi connectivity index (χ0n) is 21.2. The minimum Gasteiger partial charge on any atom is -0.497 e. The second kappa shape index (κ2) is 13.1. The quantitative estimate of drug-likeness (QED) is 0.0966. The van der Waals surface area contributed by atoms with Gasteiger partial charge in [-0.3, -0.25) is 10.3 Å². The minimum atomic E-state index is 0.239. The molecule has 4 aromatic rings. The summed E-state index contributed by atoms with van der Waals surface area (Å²) in [6, 6.07) is 32.5. The first kappa shape index (κ1) is 25.8. The van der Waals surface area contributed by atoms with E-state index in [2.05, 4.69) is 76.5 Å². The Kier molecular flexibility index (Phi) is 9.15. The van der Waals surface area contributed by atoms with Gasteiger partial charge < -0.3 is 19.2 Å². The molecular weight excluding hydrogens is 466 g/mol. The van der Waals surface area contributed by atoms with Gasteiger partial charge in [0.15, 0.2) is 0 Å². The second-order valence-electron chi connectivity index (χ2n) is 8.02. The van der Waals surface area contributed by atoms with Crippen LogP contribution >= 0.6 is 0 Å². The monoisotopic (exact) mass is 497 g/mol. The number of hydrogen-bond donors (Lipinski definition) is 2. The zero-order chi connectivity index (χ0) is 25.9. The van der Waals surface area contributed by atoms with Gasteiger partial charge in [-0.2, -0.15) is 5.48 Å². The molecule has 0 fully saturated rings. The first-order chi connectivity index (χ1) is 18.2. The molecule has 7 heteroatoms.